The maximum Gasteiger partial charge on any atom is 0.271 e. The Bertz CT molecular complexity index is 1460. The van der Waals surface area contributed by atoms with E-state index in [0.29, 0.717) is 34.5 Å². The fourth-order valence-corrected chi connectivity index (χ4v) is 4.11. The van der Waals surface area contributed by atoms with Crippen molar-refractivity contribution in [3.63, 3.8) is 0 Å². The first-order valence-corrected chi connectivity index (χ1v) is 11.8. The summed E-state index contributed by atoms with van der Waals surface area (Å²) in [4.78, 5) is 30.2. The van der Waals surface area contributed by atoms with Crippen molar-refractivity contribution in [3.8, 4) is 11.6 Å². The predicted octanol–water partition coefficient (Wildman–Crippen LogP) is 5.41. The lowest BCUT2D eigenvalue weighted by Gasteiger charge is -2.11. The lowest BCUT2D eigenvalue weighted by Crippen LogP contribution is -2.15. The second kappa shape index (κ2) is 11.0. The summed E-state index contributed by atoms with van der Waals surface area (Å²) in [6.07, 6.45) is 0.905. The first-order chi connectivity index (χ1) is 17.8. The quantitative estimate of drug-likeness (QED) is 0.142. The maximum atomic E-state index is 12.5. The van der Waals surface area contributed by atoms with Gasteiger partial charge in [0.05, 0.1) is 34.0 Å². The van der Waals surface area contributed by atoms with Gasteiger partial charge in [0.2, 0.25) is 11.8 Å². The van der Waals surface area contributed by atoms with Crippen molar-refractivity contribution in [2.45, 2.75) is 13.3 Å². The number of nitrogens with zero attached hydrogens (tertiary/aromatic N) is 4. The second-order valence-electron chi connectivity index (χ2n) is 8.84. The Hall–Kier alpha value is -4.50. The maximum absolute atomic E-state index is 12.5. The van der Waals surface area contributed by atoms with Crippen LogP contribution in [0.5, 0.6) is 11.6 Å². The van der Waals surface area contributed by atoms with Gasteiger partial charge in [0.25, 0.3) is 5.69 Å². The smallest absolute Gasteiger partial charge is 0.271 e. The Morgan fingerprint density at radius 3 is 2.41 bits per heavy atom. The van der Waals surface area contributed by atoms with Crippen LogP contribution >= 0.6 is 0 Å². The molecule has 0 aliphatic rings. The molecule has 0 spiro atoms. The van der Waals surface area contributed by atoms with Gasteiger partial charge in [-0.05, 0) is 50.8 Å². The predicted molar refractivity (Wildman–Crippen MR) is 143 cm³/mol. The van der Waals surface area contributed by atoms with E-state index < -0.39 is 10.8 Å². The largest absolute Gasteiger partial charge is 0.494 e. The van der Waals surface area contributed by atoms with E-state index in [2.05, 4.69) is 4.90 Å². The molecule has 37 heavy (non-hydrogen) atoms. The van der Waals surface area contributed by atoms with Crippen LogP contribution in [-0.4, -0.2) is 58.4 Å². The molecule has 0 unspecified atom stereocenters. The van der Waals surface area contributed by atoms with Crippen molar-refractivity contribution < 1.29 is 19.6 Å². The molecule has 1 heterocycles. The number of carbonyl (C=O) groups excluding carboxylic acids is 1. The van der Waals surface area contributed by atoms with Crippen molar-refractivity contribution >= 4 is 33.9 Å². The SMILES string of the molecule is CC(=O)n1c(O)c(C(=Nc2ccc(OCCCN(C)C)cc2)c2ccccc2)c2ccc([N+](=O)[O-])cc21. The van der Waals surface area contributed by atoms with Gasteiger partial charge in [0.1, 0.15) is 5.75 Å². The minimum absolute atomic E-state index is 0.182. The highest BCUT2D eigenvalue weighted by molar-refractivity contribution is 6.23. The Morgan fingerprint density at radius 2 is 1.78 bits per heavy atom. The molecule has 4 rings (SSSR count). The average Bonchev–Trinajstić information content (AvgIpc) is 3.17. The summed E-state index contributed by atoms with van der Waals surface area (Å²) in [7, 11) is 4.04. The first-order valence-electron chi connectivity index (χ1n) is 11.8. The second-order valence-corrected chi connectivity index (χ2v) is 8.84. The van der Waals surface area contributed by atoms with Crippen LogP contribution in [0, 0.1) is 10.1 Å². The number of aromatic hydroxyl groups is 1. The first kappa shape index (κ1) is 25.6. The van der Waals surface area contributed by atoms with Crippen LogP contribution in [0.4, 0.5) is 11.4 Å². The monoisotopic (exact) mass is 500 g/mol. The molecule has 190 valence electrons. The van der Waals surface area contributed by atoms with Gasteiger partial charge in [-0.3, -0.25) is 14.9 Å². The van der Waals surface area contributed by atoms with Gasteiger partial charge in [0, 0.05) is 36.6 Å². The van der Waals surface area contributed by atoms with Crippen LogP contribution in [0.25, 0.3) is 10.9 Å². The van der Waals surface area contributed by atoms with Gasteiger partial charge in [-0.15, -0.1) is 0 Å². The molecule has 0 radical (unpaired) electrons. The van der Waals surface area contributed by atoms with Crippen LogP contribution in [0.3, 0.4) is 0 Å². The number of non-ortho nitro benzene ring substituents is 1. The normalized spacial score (nSPS) is 11.7. The number of hydrogen-bond acceptors (Lipinski definition) is 7. The van der Waals surface area contributed by atoms with Crippen LogP contribution in [-0.2, 0) is 0 Å². The number of fused-ring (bicyclic) bond motifs is 1. The van der Waals surface area contributed by atoms with Crippen molar-refractivity contribution in [1.82, 2.24) is 9.47 Å². The van der Waals surface area contributed by atoms with Gasteiger partial charge < -0.3 is 14.7 Å². The number of ether oxygens (including phenoxy) is 1. The third kappa shape index (κ3) is 5.68. The molecule has 0 atom stereocenters. The van der Waals surface area contributed by atoms with Crippen molar-refractivity contribution in [2.75, 3.05) is 27.2 Å². The van der Waals surface area contributed by atoms with Gasteiger partial charge in [-0.2, -0.15) is 0 Å². The molecule has 1 N–H and O–H groups in total. The highest BCUT2D eigenvalue weighted by atomic mass is 16.6. The molecule has 0 amide bonds. The summed E-state index contributed by atoms with van der Waals surface area (Å²) in [5.41, 5.74) is 2.12. The highest BCUT2D eigenvalue weighted by Gasteiger charge is 2.25. The number of nitro benzene ring substituents is 1. The molecule has 0 fully saturated rings. The molecular weight excluding hydrogens is 472 g/mol. The summed E-state index contributed by atoms with van der Waals surface area (Å²) in [5, 5.41) is 23.0. The molecule has 9 heteroatoms. The molecule has 0 saturated heterocycles. The molecule has 0 bridgehead atoms. The Balaban J connectivity index is 1.80. The van der Waals surface area contributed by atoms with Gasteiger partial charge in [0.15, 0.2) is 0 Å². The standard InChI is InChI=1S/C28H28N4O5/c1-19(33)31-25-18-22(32(35)36)12-15-24(25)26(28(31)34)27(20-8-5-4-6-9-20)29-21-10-13-23(14-11-21)37-17-7-16-30(2)3/h4-6,8-15,18,34H,7,16-17H2,1-3H3. The van der Waals surface area contributed by atoms with E-state index in [1.54, 1.807) is 0 Å². The van der Waals surface area contributed by atoms with Crippen molar-refractivity contribution in [3.05, 3.63) is 94.0 Å². The molecule has 0 saturated carbocycles. The minimum Gasteiger partial charge on any atom is -0.494 e. The van der Waals surface area contributed by atoms with Gasteiger partial charge >= 0.3 is 0 Å². The van der Waals surface area contributed by atoms with Crippen LogP contribution in [0.2, 0.25) is 0 Å². The molecule has 9 nitrogen and oxygen atoms in total. The fourth-order valence-electron chi connectivity index (χ4n) is 4.11. The number of hydrogen-bond donors (Lipinski definition) is 1. The fraction of sp³-hybridized carbons (Fsp3) is 0.214. The number of nitro groups is 1. The van der Waals surface area contributed by atoms with Crippen LogP contribution in [0.15, 0.2) is 77.8 Å². The third-order valence-corrected chi connectivity index (χ3v) is 5.83. The minimum atomic E-state index is -0.538. The topological polar surface area (TPSA) is 110 Å². The zero-order valence-corrected chi connectivity index (χ0v) is 20.9. The lowest BCUT2D eigenvalue weighted by atomic mass is 10.0. The van der Waals surface area contributed by atoms with E-state index >= 15 is 0 Å². The molecule has 0 aliphatic heterocycles. The lowest BCUT2D eigenvalue weighted by molar-refractivity contribution is -0.384. The Labute approximate surface area is 214 Å². The summed E-state index contributed by atoms with van der Waals surface area (Å²) >= 11 is 0. The average molecular weight is 501 g/mol. The van der Waals surface area contributed by atoms with Crippen LogP contribution in [0.1, 0.15) is 29.3 Å². The summed E-state index contributed by atoms with van der Waals surface area (Å²) in [5.74, 6) is -0.0776. The Morgan fingerprint density at radius 1 is 1.08 bits per heavy atom. The van der Waals surface area contributed by atoms with E-state index in [1.165, 1.54) is 25.1 Å². The van der Waals surface area contributed by atoms with E-state index in [-0.39, 0.29) is 17.1 Å². The van der Waals surface area contributed by atoms with Crippen molar-refractivity contribution in [1.29, 1.82) is 0 Å². The number of aliphatic imine (C=N–C) groups is 1. The van der Waals surface area contributed by atoms with Crippen LogP contribution < -0.4 is 4.74 Å². The summed E-state index contributed by atoms with van der Waals surface area (Å²) in [6.45, 7) is 2.82. The Kier molecular flexibility index (Phi) is 7.64. The van der Waals surface area contributed by atoms with E-state index in [4.69, 9.17) is 9.73 Å². The number of carbonyl (C=O) groups is 1. The number of rotatable bonds is 9. The zero-order valence-electron chi connectivity index (χ0n) is 20.9. The number of aromatic nitrogens is 1. The number of benzene rings is 3. The molecule has 4 aromatic rings. The molecule has 3 aromatic carbocycles. The summed E-state index contributed by atoms with van der Waals surface area (Å²) < 4.78 is 6.88. The van der Waals surface area contributed by atoms with E-state index in [9.17, 15) is 20.0 Å². The van der Waals surface area contributed by atoms with E-state index in [0.717, 1.165) is 23.3 Å². The molecule has 1 aromatic heterocycles. The molecular formula is C28H28N4O5. The zero-order chi connectivity index (χ0) is 26.5. The van der Waals surface area contributed by atoms with E-state index in [1.807, 2.05) is 68.7 Å². The third-order valence-electron chi connectivity index (χ3n) is 5.83. The molecule has 0 aliphatic carbocycles. The van der Waals surface area contributed by atoms with Crippen molar-refractivity contribution in [2.24, 2.45) is 4.99 Å². The van der Waals surface area contributed by atoms with Gasteiger partial charge in [-0.1, -0.05) is 30.3 Å². The highest BCUT2D eigenvalue weighted by Crippen LogP contribution is 2.36. The van der Waals surface area contributed by atoms with Gasteiger partial charge in [-0.25, -0.2) is 9.56 Å². The summed E-state index contributed by atoms with van der Waals surface area (Å²) in [6, 6.07) is 20.7.